The van der Waals surface area contributed by atoms with Gasteiger partial charge in [0.1, 0.15) is 5.82 Å². The average molecular weight is 680 g/mol. The molecule has 50 heavy (non-hydrogen) atoms. The largest absolute Gasteiger partial charge is 0.389 e. The Bertz CT molecular complexity index is 1890. The van der Waals surface area contributed by atoms with E-state index in [2.05, 4.69) is 52.4 Å². The van der Waals surface area contributed by atoms with Crippen LogP contribution in [-0.4, -0.2) is 48.2 Å². The standard InChI is InChI=1S/C41H53N5O4/c1-36(2,38(5,6)49)34(47)45-31(40(9)17-18-40)30-23-26-15-13-24(21-28(26)42-30)11-12-25-14-16-27-29(22-25)44-33(43-27)32(41(10)19-20-41)46-35(48)37(3,4)39(7,8)50/h13-16,21-23,31-32,42,49-50H,17-20H2,1-10H3,(H,43,44)(H,45,47)(H,46,48)/t31-,32-/m1/s1. The van der Waals surface area contributed by atoms with E-state index in [1.807, 2.05) is 36.4 Å². The number of hydrogen-bond acceptors (Lipinski definition) is 5. The highest BCUT2D eigenvalue weighted by Crippen LogP contribution is 2.55. The maximum Gasteiger partial charge on any atom is 0.229 e. The zero-order chi connectivity index (χ0) is 36.7. The molecule has 9 heteroatoms. The van der Waals surface area contributed by atoms with Crippen LogP contribution >= 0.6 is 0 Å². The fraction of sp³-hybridized carbons (Fsp3) is 0.537. The van der Waals surface area contributed by atoms with Crippen LogP contribution in [0.1, 0.15) is 130 Å². The molecule has 0 radical (unpaired) electrons. The molecule has 2 aliphatic carbocycles. The number of H-pyrrole nitrogens is 2. The lowest BCUT2D eigenvalue weighted by Crippen LogP contribution is -2.52. The number of aliphatic hydroxyl groups is 2. The lowest BCUT2D eigenvalue weighted by molar-refractivity contribution is -0.144. The minimum atomic E-state index is -1.19. The summed E-state index contributed by atoms with van der Waals surface area (Å²) >= 11 is 0. The molecule has 6 N–H and O–H groups in total. The van der Waals surface area contributed by atoms with E-state index in [4.69, 9.17) is 4.98 Å². The van der Waals surface area contributed by atoms with E-state index in [1.54, 1.807) is 55.4 Å². The number of hydrogen-bond donors (Lipinski definition) is 6. The lowest BCUT2D eigenvalue weighted by atomic mass is 9.76. The number of amides is 2. The quantitative estimate of drug-likeness (QED) is 0.101. The Morgan fingerprint density at radius 2 is 1.20 bits per heavy atom. The molecule has 0 spiro atoms. The fourth-order valence-corrected chi connectivity index (χ4v) is 6.12. The molecular weight excluding hydrogens is 626 g/mol. The third-order valence-corrected chi connectivity index (χ3v) is 12.3. The van der Waals surface area contributed by atoms with Gasteiger partial charge < -0.3 is 30.8 Å². The van der Waals surface area contributed by atoms with Crippen molar-refractivity contribution >= 4 is 33.8 Å². The summed E-state index contributed by atoms with van der Waals surface area (Å²) in [5.74, 6) is 6.92. The summed E-state index contributed by atoms with van der Waals surface area (Å²) in [5, 5.41) is 28.8. The topological polar surface area (TPSA) is 143 Å². The van der Waals surface area contributed by atoms with Crippen molar-refractivity contribution in [2.24, 2.45) is 21.7 Å². The van der Waals surface area contributed by atoms with Crippen LogP contribution in [0.4, 0.5) is 0 Å². The number of nitrogens with one attached hydrogen (secondary N) is 4. The van der Waals surface area contributed by atoms with E-state index in [9.17, 15) is 19.8 Å². The summed E-state index contributed by atoms with van der Waals surface area (Å²) in [5.41, 5.74) is 0.763. The van der Waals surface area contributed by atoms with E-state index in [0.29, 0.717) is 5.82 Å². The van der Waals surface area contributed by atoms with Gasteiger partial charge >= 0.3 is 0 Å². The summed E-state index contributed by atoms with van der Waals surface area (Å²) in [6.07, 6.45) is 4.00. The van der Waals surface area contributed by atoms with Crippen molar-refractivity contribution in [2.45, 2.75) is 118 Å². The molecule has 0 bridgehead atoms. The second-order valence-corrected chi connectivity index (χ2v) is 17.6. The number of nitrogens with zero attached hydrogens (tertiary/aromatic N) is 1. The minimum absolute atomic E-state index is 0.0467. The highest BCUT2D eigenvalue weighted by molar-refractivity contribution is 5.86. The first-order valence-electron chi connectivity index (χ1n) is 17.8. The van der Waals surface area contributed by atoms with Crippen LogP contribution < -0.4 is 10.6 Å². The van der Waals surface area contributed by atoms with Gasteiger partial charge in [-0.2, -0.15) is 0 Å². The molecule has 6 rings (SSSR count). The summed E-state index contributed by atoms with van der Waals surface area (Å²) in [7, 11) is 0. The first-order chi connectivity index (χ1) is 23.0. The fourth-order valence-electron chi connectivity index (χ4n) is 6.12. The second-order valence-electron chi connectivity index (χ2n) is 17.6. The van der Waals surface area contributed by atoms with Crippen LogP contribution in [-0.2, 0) is 9.59 Å². The first kappa shape index (κ1) is 35.7. The molecule has 2 heterocycles. The van der Waals surface area contributed by atoms with E-state index in [0.717, 1.165) is 64.4 Å². The predicted octanol–water partition coefficient (Wildman–Crippen LogP) is 6.95. The van der Waals surface area contributed by atoms with Crippen molar-refractivity contribution in [3.8, 4) is 11.8 Å². The Morgan fingerprint density at radius 1 is 0.720 bits per heavy atom. The molecule has 2 saturated carbocycles. The number of carbonyl (C=O) groups excluding carboxylic acids is 2. The molecule has 0 saturated heterocycles. The molecule has 2 aromatic heterocycles. The van der Waals surface area contributed by atoms with E-state index in [-0.39, 0.29) is 34.7 Å². The highest BCUT2D eigenvalue weighted by Gasteiger charge is 2.51. The zero-order valence-corrected chi connectivity index (χ0v) is 31.2. The van der Waals surface area contributed by atoms with Crippen LogP contribution in [0.5, 0.6) is 0 Å². The van der Waals surface area contributed by atoms with Crippen LogP contribution in [0.25, 0.3) is 21.9 Å². The average Bonchev–Trinajstić information content (AvgIpc) is 3.85. The maximum atomic E-state index is 13.4. The number of fused-ring (bicyclic) bond motifs is 2. The molecule has 2 atom stereocenters. The molecule has 2 amide bonds. The van der Waals surface area contributed by atoms with Crippen molar-refractivity contribution in [1.82, 2.24) is 25.6 Å². The molecule has 2 aromatic carbocycles. The lowest BCUT2D eigenvalue weighted by Gasteiger charge is -2.37. The number of imidazole rings is 1. The van der Waals surface area contributed by atoms with Gasteiger partial charge in [-0.25, -0.2) is 4.98 Å². The van der Waals surface area contributed by atoms with Crippen molar-refractivity contribution in [3.63, 3.8) is 0 Å². The van der Waals surface area contributed by atoms with E-state index in [1.165, 1.54) is 0 Å². The number of rotatable bonds is 10. The minimum Gasteiger partial charge on any atom is -0.389 e. The number of aromatic nitrogens is 3. The molecule has 4 aromatic rings. The summed E-state index contributed by atoms with van der Waals surface area (Å²) < 4.78 is 0. The Kier molecular flexibility index (Phi) is 8.36. The highest BCUT2D eigenvalue weighted by atomic mass is 16.3. The molecule has 2 fully saturated rings. The summed E-state index contributed by atoms with van der Waals surface area (Å²) in [4.78, 5) is 38.7. The summed E-state index contributed by atoms with van der Waals surface area (Å²) in [6.45, 7) is 18.1. The predicted molar refractivity (Wildman–Crippen MR) is 197 cm³/mol. The number of aromatic amines is 2. The normalized spacial score (nSPS) is 18.2. The maximum absolute atomic E-state index is 13.4. The zero-order valence-electron chi connectivity index (χ0n) is 31.2. The van der Waals surface area contributed by atoms with Crippen LogP contribution in [0.2, 0.25) is 0 Å². The Morgan fingerprint density at radius 3 is 1.72 bits per heavy atom. The Balaban J connectivity index is 1.23. The van der Waals surface area contributed by atoms with Gasteiger partial charge in [0.2, 0.25) is 11.8 Å². The molecule has 2 aliphatic rings. The molecule has 0 unspecified atom stereocenters. The molecule has 266 valence electrons. The first-order valence-corrected chi connectivity index (χ1v) is 17.8. The smallest absolute Gasteiger partial charge is 0.229 e. The van der Waals surface area contributed by atoms with Crippen LogP contribution in [0, 0.1) is 33.5 Å². The molecule has 9 nitrogen and oxygen atoms in total. The van der Waals surface area contributed by atoms with Crippen LogP contribution in [0.3, 0.4) is 0 Å². The van der Waals surface area contributed by atoms with Gasteiger partial charge in [-0.3, -0.25) is 9.59 Å². The molecular formula is C41H53N5O4. The third kappa shape index (κ3) is 6.56. The van der Waals surface area contributed by atoms with Gasteiger partial charge in [0.15, 0.2) is 0 Å². The second kappa shape index (κ2) is 11.7. The van der Waals surface area contributed by atoms with Gasteiger partial charge in [-0.05, 0) is 134 Å². The van der Waals surface area contributed by atoms with Crippen molar-refractivity contribution in [3.05, 3.63) is 65.1 Å². The summed E-state index contributed by atoms with van der Waals surface area (Å²) in [6, 6.07) is 13.6. The van der Waals surface area contributed by atoms with Crippen molar-refractivity contribution in [1.29, 1.82) is 0 Å². The number of carbonyl (C=O) groups is 2. The third-order valence-electron chi connectivity index (χ3n) is 12.3. The van der Waals surface area contributed by atoms with E-state index < -0.39 is 22.0 Å². The van der Waals surface area contributed by atoms with Crippen molar-refractivity contribution < 1.29 is 19.8 Å². The Hall–Kier alpha value is -4.13. The monoisotopic (exact) mass is 679 g/mol. The van der Waals surface area contributed by atoms with Gasteiger partial charge in [0, 0.05) is 22.3 Å². The Labute approximate surface area is 295 Å². The van der Waals surface area contributed by atoms with Gasteiger partial charge in [0.05, 0.1) is 45.1 Å². The van der Waals surface area contributed by atoms with Gasteiger partial charge in [0.25, 0.3) is 0 Å². The van der Waals surface area contributed by atoms with Gasteiger partial charge in [-0.15, -0.1) is 0 Å². The molecule has 0 aliphatic heterocycles. The van der Waals surface area contributed by atoms with Gasteiger partial charge in [-0.1, -0.05) is 31.8 Å². The van der Waals surface area contributed by atoms with Crippen molar-refractivity contribution in [2.75, 3.05) is 0 Å². The van der Waals surface area contributed by atoms with Crippen LogP contribution in [0.15, 0.2) is 42.5 Å². The SMILES string of the molecule is CC1([C@H](NC(=O)C(C)(C)C(C)(C)O)c2cc3ccc(C#Cc4ccc5nc([C@@H](NC(=O)C(C)(C)C(C)(C)O)C6(C)CC6)[nH]c5c4)cc3[nH]2)CC1. The number of benzene rings is 2. The van der Waals surface area contributed by atoms with E-state index >= 15 is 0 Å².